The molecule has 45 heavy (non-hydrogen) atoms. The van der Waals surface area contributed by atoms with E-state index in [1.807, 2.05) is 6.07 Å². The number of hydrogen-bond donors (Lipinski definition) is 0. The minimum absolute atomic E-state index is 0.00339. The number of rotatable bonds is 12. The molecule has 1 aliphatic heterocycles. The molecule has 5 rings (SSSR count). The number of sulfonamides is 1. The highest BCUT2D eigenvalue weighted by molar-refractivity contribution is 8.02. The smallest absolute Gasteiger partial charge is 0.387 e. The normalized spacial score (nSPS) is 17.6. The first kappa shape index (κ1) is 33.0. The van der Waals surface area contributed by atoms with Crippen molar-refractivity contribution in [1.29, 1.82) is 5.26 Å². The third-order valence-electron chi connectivity index (χ3n) is 7.07. The Labute approximate surface area is 272 Å². The Morgan fingerprint density at radius 1 is 1.13 bits per heavy atom. The number of ether oxygens (including phenoxy) is 3. The van der Waals surface area contributed by atoms with Crippen LogP contribution in [0.15, 0.2) is 59.8 Å². The molecule has 0 N–H and O–H groups in total. The van der Waals surface area contributed by atoms with E-state index in [0.717, 1.165) is 41.3 Å². The predicted octanol–water partition coefficient (Wildman–Crippen LogP) is 5.48. The summed E-state index contributed by atoms with van der Waals surface area (Å²) in [6, 6.07) is 11.3. The van der Waals surface area contributed by atoms with Gasteiger partial charge in [0.1, 0.15) is 16.1 Å². The first-order valence-corrected chi connectivity index (χ1v) is 16.8. The fourth-order valence-corrected chi connectivity index (χ4v) is 8.23. The molecule has 0 amide bonds. The highest BCUT2D eigenvalue weighted by Crippen LogP contribution is 2.39. The molecule has 1 saturated heterocycles. The predicted molar refractivity (Wildman–Crippen MR) is 161 cm³/mol. The number of halogens is 4. The second kappa shape index (κ2) is 14.0. The van der Waals surface area contributed by atoms with Crippen LogP contribution in [0, 0.1) is 22.5 Å². The molecule has 2 heterocycles. The molecule has 0 spiro atoms. The molecule has 0 radical (unpaired) electrons. The van der Waals surface area contributed by atoms with Crippen LogP contribution in [-0.2, 0) is 26.0 Å². The summed E-state index contributed by atoms with van der Waals surface area (Å²) in [4.78, 5) is 13.6. The molecular weight excluding hydrogens is 675 g/mol. The third-order valence-corrected chi connectivity index (χ3v) is 10.9. The SMILES string of the molecule is N#Cc1ccc(S(=O)(=O)N2CCSC2C(=O)OC(Cc2c(Cl)c[n+]([O-])cc2Cl)c2ccc(OC(F)F)c(OCC3CC3)c2)cc1. The van der Waals surface area contributed by atoms with E-state index in [4.69, 9.17) is 37.9 Å². The van der Waals surface area contributed by atoms with Gasteiger partial charge >= 0.3 is 12.6 Å². The maximum atomic E-state index is 13.7. The standard InChI is InChI=1S/C29H25Cl2F2N3O7S2/c30-22-14-35(38)15-23(31)21(22)12-25(19-5-8-24(43-29(32)33)26(11-19)41-16-18-1-2-18)42-28(37)27-36(9-10-44-27)45(39,40)20-6-3-17(13-34)4-7-20/h3-8,11,14-15,18,25,27,29H,1-2,9-10,12,16H2. The van der Waals surface area contributed by atoms with E-state index in [9.17, 15) is 27.2 Å². The molecule has 1 saturated carbocycles. The zero-order valence-corrected chi connectivity index (χ0v) is 26.4. The van der Waals surface area contributed by atoms with Gasteiger partial charge in [0.2, 0.25) is 10.0 Å². The van der Waals surface area contributed by atoms with E-state index >= 15 is 0 Å². The minimum Gasteiger partial charge on any atom is -0.619 e. The number of nitriles is 1. The van der Waals surface area contributed by atoms with Crippen LogP contribution in [0.25, 0.3) is 0 Å². The van der Waals surface area contributed by atoms with E-state index in [2.05, 4.69) is 4.74 Å². The Balaban J connectivity index is 1.47. The van der Waals surface area contributed by atoms with Gasteiger partial charge in [0.05, 0.1) is 23.1 Å². The number of nitrogens with zero attached hydrogens (tertiary/aromatic N) is 3. The Morgan fingerprint density at radius 3 is 2.44 bits per heavy atom. The first-order valence-electron chi connectivity index (χ1n) is 13.6. The van der Waals surface area contributed by atoms with Gasteiger partial charge in [-0.05, 0) is 60.7 Å². The lowest BCUT2D eigenvalue weighted by molar-refractivity contribution is -0.605. The number of aromatic nitrogens is 1. The van der Waals surface area contributed by atoms with Crippen molar-refractivity contribution in [3.63, 3.8) is 0 Å². The van der Waals surface area contributed by atoms with E-state index in [1.165, 1.54) is 42.5 Å². The van der Waals surface area contributed by atoms with Gasteiger partial charge in [0.15, 0.2) is 29.3 Å². The summed E-state index contributed by atoms with van der Waals surface area (Å²) >= 11 is 13.7. The molecule has 238 valence electrons. The van der Waals surface area contributed by atoms with Gasteiger partial charge in [-0.3, -0.25) is 0 Å². The Kier molecular flexibility index (Phi) is 10.2. The van der Waals surface area contributed by atoms with Crippen molar-refractivity contribution in [2.24, 2.45) is 5.92 Å². The number of thioether (sulfide) groups is 1. The van der Waals surface area contributed by atoms with Crippen molar-refractivity contribution in [1.82, 2.24) is 4.31 Å². The Hall–Kier alpha value is -3.35. The average Bonchev–Trinajstić information content (AvgIpc) is 3.69. The summed E-state index contributed by atoms with van der Waals surface area (Å²) in [6.07, 6.45) is 2.71. The van der Waals surface area contributed by atoms with Crippen molar-refractivity contribution in [3.8, 4) is 17.6 Å². The molecular formula is C29H25Cl2F2N3O7S2. The van der Waals surface area contributed by atoms with Gasteiger partial charge < -0.3 is 19.4 Å². The van der Waals surface area contributed by atoms with Crippen LogP contribution in [0.3, 0.4) is 0 Å². The summed E-state index contributed by atoms with van der Waals surface area (Å²) in [6.45, 7) is -2.82. The summed E-state index contributed by atoms with van der Waals surface area (Å²) in [5.41, 5.74) is 0.832. The number of pyridine rings is 1. The molecule has 2 aromatic carbocycles. The molecule has 1 aromatic heterocycles. The molecule has 0 bridgehead atoms. The largest absolute Gasteiger partial charge is 0.619 e. The number of carbonyl (C=O) groups is 1. The maximum absolute atomic E-state index is 13.7. The third kappa shape index (κ3) is 7.90. The molecule has 2 atom stereocenters. The molecule has 10 nitrogen and oxygen atoms in total. The zero-order valence-electron chi connectivity index (χ0n) is 23.3. The second-order valence-electron chi connectivity index (χ2n) is 10.2. The molecule has 2 unspecified atom stereocenters. The number of esters is 1. The molecule has 16 heteroatoms. The Morgan fingerprint density at radius 2 is 1.82 bits per heavy atom. The van der Waals surface area contributed by atoms with E-state index in [1.54, 1.807) is 0 Å². The zero-order chi connectivity index (χ0) is 32.3. The monoisotopic (exact) mass is 699 g/mol. The van der Waals surface area contributed by atoms with Crippen molar-refractivity contribution in [2.45, 2.75) is 42.2 Å². The average molecular weight is 701 g/mol. The number of benzene rings is 2. The van der Waals surface area contributed by atoms with E-state index in [0.29, 0.717) is 16.0 Å². The molecule has 1 aliphatic carbocycles. The maximum Gasteiger partial charge on any atom is 0.387 e. The van der Waals surface area contributed by atoms with Crippen molar-refractivity contribution in [3.05, 3.63) is 86.8 Å². The van der Waals surface area contributed by atoms with Crippen molar-refractivity contribution in [2.75, 3.05) is 18.9 Å². The van der Waals surface area contributed by atoms with Crippen LogP contribution in [0.2, 0.25) is 10.0 Å². The molecule has 2 aliphatic rings. The minimum atomic E-state index is -4.15. The van der Waals surface area contributed by atoms with Crippen LogP contribution in [-0.4, -0.2) is 49.6 Å². The lowest BCUT2D eigenvalue weighted by Gasteiger charge is -2.26. The van der Waals surface area contributed by atoms with Crippen molar-refractivity contribution < 1.29 is 40.9 Å². The van der Waals surface area contributed by atoms with E-state index < -0.39 is 34.1 Å². The fourth-order valence-electron chi connectivity index (χ4n) is 4.58. The highest BCUT2D eigenvalue weighted by atomic mass is 35.5. The molecule has 3 aromatic rings. The quantitative estimate of drug-likeness (QED) is 0.137. The van der Waals surface area contributed by atoms with Gasteiger partial charge in [-0.25, -0.2) is 13.2 Å². The van der Waals surface area contributed by atoms with E-state index in [-0.39, 0.29) is 63.1 Å². The Bertz CT molecular complexity index is 1700. The summed E-state index contributed by atoms with van der Waals surface area (Å²) in [5.74, 6) is -0.517. The van der Waals surface area contributed by atoms with Crippen LogP contribution < -0.4 is 14.2 Å². The van der Waals surface area contributed by atoms with Gasteiger partial charge in [-0.2, -0.15) is 23.1 Å². The van der Waals surface area contributed by atoms with Crippen molar-refractivity contribution >= 4 is 51.0 Å². The summed E-state index contributed by atoms with van der Waals surface area (Å²) < 4.78 is 71.0. The van der Waals surface area contributed by atoms with Crippen LogP contribution in [0.4, 0.5) is 8.78 Å². The van der Waals surface area contributed by atoms with Crippen LogP contribution in [0.1, 0.15) is 35.6 Å². The summed E-state index contributed by atoms with van der Waals surface area (Å²) in [5, 5.41) is 19.6. The lowest BCUT2D eigenvalue weighted by atomic mass is 10.0. The van der Waals surface area contributed by atoms with Gasteiger partial charge in [0.25, 0.3) is 0 Å². The summed E-state index contributed by atoms with van der Waals surface area (Å²) in [7, 11) is -4.15. The highest BCUT2D eigenvalue weighted by Gasteiger charge is 2.42. The van der Waals surface area contributed by atoms with Crippen LogP contribution in [0.5, 0.6) is 11.5 Å². The number of hydrogen-bond acceptors (Lipinski definition) is 9. The number of alkyl halides is 2. The fraction of sp³-hybridized carbons (Fsp3) is 0.345. The first-order chi connectivity index (χ1) is 21.5. The van der Waals surface area contributed by atoms with Gasteiger partial charge in [0, 0.05) is 24.3 Å². The van der Waals surface area contributed by atoms with Gasteiger partial charge in [-0.1, -0.05) is 29.3 Å². The topological polar surface area (TPSA) is 133 Å². The second-order valence-corrected chi connectivity index (χ2v) is 14.1. The number of carbonyl (C=O) groups excluding carboxylic acids is 1. The lowest BCUT2D eigenvalue weighted by Crippen LogP contribution is -2.40. The van der Waals surface area contributed by atoms with Gasteiger partial charge in [-0.15, -0.1) is 11.8 Å². The van der Waals surface area contributed by atoms with Crippen LogP contribution >= 0.6 is 35.0 Å². The molecule has 2 fully saturated rings.